The van der Waals surface area contributed by atoms with Crippen molar-refractivity contribution in [2.75, 3.05) is 13.2 Å². The van der Waals surface area contributed by atoms with Crippen molar-refractivity contribution in [2.24, 2.45) is 0 Å². The van der Waals surface area contributed by atoms with Crippen LogP contribution in [0.2, 0.25) is 0 Å². The Morgan fingerprint density at radius 2 is 2.31 bits per heavy atom. The standard InChI is InChI=1S/C11H19N3O2/c1-3-6-12-8-9-13-14-10(16-9)11(2)5-4-7-15-11/h12H,3-8H2,1-2H3. The zero-order valence-electron chi connectivity index (χ0n) is 9.95. The van der Waals surface area contributed by atoms with Gasteiger partial charge in [-0.3, -0.25) is 0 Å². The van der Waals surface area contributed by atoms with E-state index in [4.69, 9.17) is 9.15 Å². The summed E-state index contributed by atoms with van der Waals surface area (Å²) < 4.78 is 11.3. The van der Waals surface area contributed by atoms with Gasteiger partial charge in [0.15, 0.2) is 0 Å². The van der Waals surface area contributed by atoms with Crippen LogP contribution in [-0.4, -0.2) is 23.3 Å². The molecule has 5 nitrogen and oxygen atoms in total. The number of aromatic nitrogens is 2. The fourth-order valence-corrected chi connectivity index (χ4v) is 1.86. The van der Waals surface area contributed by atoms with E-state index in [0.717, 1.165) is 32.4 Å². The molecule has 0 saturated carbocycles. The van der Waals surface area contributed by atoms with E-state index < -0.39 is 0 Å². The fourth-order valence-electron chi connectivity index (χ4n) is 1.86. The van der Waals surface area contributed by atoms with Gasteiger partial charge in [-0.1, -0.05) is 6.92 Å². The highest BCUT2D eigenvalue weighted by Crippen LogP contribution is 2.34. The molecule has 0 bridgehead atoms. The lowest BCUT2D eigenvalue weighted by Crippen LogP contribution is -2.20. The summed E-state index contributed by atoms with van der Waals surface area (Å²) >= 11 is 0. The topological polar surface area (TPSA) is 60.2 Å². The van der Waals surface area contributed by atoms with Crippen molar-refractivity contribution in [3.05, 3.63) is 11.8 Å². The van der Waals surface area contributed by atoms with Crippen LogP contribution >= 0.6 is 0 Å². The number of hydrogen-bond donors (Lipinski definition) is 1. The van der Waals surface area contributed by atoms with E-state index in [1.165, 1.54) is 0 Å². The molecule has 1 unspecified atom stereocenters. The molecular weight excluding hydrogens is 206 g/mol. The Morgan fingerprint density at radius 3 is 3.00 bits per heavy atom. The monoisotopic (exact) mass is 225 g/mol. The minimum absolute atomic E-state index is 0.365. The van der Waals surface area contributed by atoms with Crippen molar-refractivity contribution in [1.82, 2.24) is 15.5 Å². The highest BCUT2D eigenvalue weighted by molar-refractivity contribution is 4.97. The van der Waals surface area contributed by atoms with Gasteiger partial charge in [0, 0.05) is 6.61 Å². The molecule has 1 saturated heterocycles. The molecule has 0 amide bonds. The molecule has 1 aromatic heterocycles. The maximum atomic E-state index is 5.65. The Bertz CT molecular complexity index is 332. The molecule has 1 aliphatic rings. The van der Waals surface area contributed by atoms with Crippen LogP contribution in [0.3, 0.4) is 0 Å². The van der Waals surface area contributed by atoms with E-state index in [1.807, 2.05) is 6.92 Å². The van der Waals surface area contributed by atoms with Crippen LogP contribution in [0.1, 0.15) is 44.9 Å². The minimum Gasteiger partial charge on any atom is -0.421 e. The lowest BCUT2D eigenvalue weighted by atomic mass is 10.0. The molecule has 16 heavy (non-hydrogen) atoms. The Hall–Kier alpha value is -0.940. The van der Waals surface area contributed by atoms with Crippen molar-refractivity contribution < 1.29 is 9.15 Å². The second-order valence-electron chi connectivity index (χ2n) is 4.36. The molecule has 1 aromatic rings. The summed E-state index contributed by atoms with van der Waals surface area (Å²) in [6.07, 6.45) is 3.11. The number of nitrogens with zero attached hydrogens (tertiary/aromatic N) is 2. The summed E-state index contributed by atoms with van der Waals surface area (Å²) in [6, 6.07) is 0. The highest BCUT2D eigenvalue weighted by atomic mass is 16.5. The van der Waals surface area contributed by atoms with Crippen LogP contribution in [0.15, 0.2) is 4.42 Å². The molecule has 90 valence electrons. The van der Waals surface area contributed by atoms with Crippen LogP contribution in [0.4, 0.5) is 0 Å². The molecule has 0 aliphatic carbocycles. The first kappa shape index (κ1) is 11.5. The van der Waals surface area contributed by atoms with Crippen LogP contribution in [0.5, 0.6) is 0 Å². The summed E-state index contributed by atoms with van der Waals surface area (Å²) in [5.41, 5.74) is -0.365. The van der Waals surface area contributed by atoms with Gasteiger partial charge in [0.1, 0.15) is 5.60 Å². The molecule has 1 atom stereocenters. The van der Waals surface area contributed by atoms with Gasteiger partial charge in [-0.2, -0.15) is 0 Å². The fraction of sp³-hybridized carbons (Fsp3) is 0.818. The third-order valence-electron chi connectivity index (χ3n) is 2.84. The summed E-state index contributed by atoms with van der Waals surface area (Å²) in [6.45, 7) is 6.51. The number of nitrogens with one attached hydrogen (secondary N) is 1. The molecule has 0 aromatic carbocycles. The third-order valence-corrected chi connectivity index (χ3v) is 2.84. The normalized spacial score (nSPS) is 25.1. The second kappa shape index (κ2) is 4.93. The quantitative estimate of drug-likeness (QED) is 0.771. The van der Waals surface area contributed by atoms with Gasteiger partial charge >= 0.3 is 0 Å². The molecule has 0 spiro atoms. The van der Waals surface area contributed by atoms with Crippen LogP contribution in [0, 0.1) is 0 Å². The Morgan fingerprint density at radius 1 is 1.44 bits per heavy atom. The molecule has 0 radical (unpaired) electrons. The zero-order valence-corrected chi connectivity index (χ0v) is 9.95. The summed E-state index contributed by atoms with van der Waals surface area (Å²) in [7, 11) is 0. The van der Waals surface area contributed by atoms with Gasteiger partial charge in [0.25, 0.3) is 0 Å². The lowest BCUT2D eigenvalue weighted by Gasteiger charge is -2.17. The zero-order chi connectivity index (χ0) is 11.4. The number of hydrogen-bond acceptors (Lipinski definition) is 5. The lowest BCUT2D eigenvalue weighted by molar-refractivity contribution is -0.00620. The molecule has 5 heteroatoms. The summed E-state index contributed by atoms with van der Waals surface area (Å²) in [4.78, 5) is 0. The van der Waals surface area contributed by atoms with Crippen LogP contribution < -0.4 is 5.32 Å². The molecule has 2 heterocycles. The van der Waals surface area contributed by atoms with Gasteiger partial charge < -0.3 is 14.5 Å². The average molecular weight is 225 g/mol. The Balaban J connectivity index is 1.96. The van der Waals surface area contributed by atoms with Crippen molar-refractivity contribution in [3.63, 3.8) is 0 Å². The minimum atomic E-state index is -0.365. The predicted octanol–water partition coefficient (Wildman–Crippen LogP) is 1.59. The largest absolute Gasteiger partial charge is 0.421 e. The van der Waals surface area contributed by atoms with Crippen molar-refractivity contribution in [3.8, 4) is 0 Å². The molecule has 1 aliphatic heterocycles. The number of ether oxygens (including phenoxy) is 1. The van der Waals surface area contributed by atoms with E-state index in [2.05, 4.69) is 22.4 Å². The number of rotatable bonds is 5. The SMILES string of the molecule is CCCNCc1nnc(C2(C)CCCO2)o1. The van der Waals surface area contributed by atoms with E-state index in [1.54, 1.807) is 0 Å². The van der Waals surface area contributed by atoms with Crippen LogP contribution in [-0.2, 0) is 16.9 Å². The van der Waals surface area contributed by atoms with Gasteiger partial charge in [-0.25, -0.2) is 0 Å². The van der Waals surface area contributed by atoms with Crippen molar-refractivity contribution in [2.45, 2.75) is 45.3 Å². The molecular formula is C11H19N3O2. The van der Waals surface area contributed by atoms with E-state index in [9.17, 15) is 0 Å². The maximum absolute atomic E-state index is 5.65. The van der Waals surface area contributed by atoms with E-state index in [-0.39, 0.29) is 5.60 Å². The van der Waals surface area contributed by atoms with Crippen LogP contribution in [0.25, 0.3) is 0 Å². The Labute approximate surface area is 95.6 Å². The summed E-state index contributed by atoms with van der Waals surface area (Å²) in [5, 5.41) is 11.3. The first-order valence-corrected chi connectivity index (χ1v) is 5.92. The van der Waals surface area contributed by atoms with E-state index >= 15 is 0 Å². The van der Waals surface area contributed by atoms with E-state index in [0.29, 0.717) is 18.3 Å². The van der Waals surface area contributed by atoms with Gasteiger partial charge in [-0.05, 0) is 32.7 Å². The average Bonchev–Trinajstić information content (AvgIpc) is 2.88. The molecule has 1 N–H and O–H groups in total. The predicted molar refractivity (Wildman–Crippen MR) is 58.8 cm³/mol. The second-order valence-corrected chi connectivity index (χ2v) is 4.36. The van der Waals surface area contributed by atoms with Crippen molar-refractivity contribution in [1.29, 1.82) is 0 Å². The first-order valence-electron chi connectivity index (χ1n) is 5.92. The van der Waals surface area contributed by atoms with Crippen molar-refractivity contribution >= 4 is 0 Å². The maximum Gasteiger partial charge on any atom is 0.248 e. The molecule has 1 fully saturated rings. The molecule has 2 rings (SSSR count). The third kappa shape index (κ3) is 2.41. The smallest absolute Gasteiger partial charge is 0.248 e. The highest BCUT2D eigenvalue weighted by Gasteiger charge is 2.37. The van der Waals surface area contributed by atoms with Gasteiger partial charge in [-0.15, -0.1) is 10.2 Å². The summed E-state index contributed by atoms with van der Waals surface area (Å²) in [5.74, 6) is 1.25. The van der Waals surface area contributed by atoms with Gasteiger partial charge in [0.2, 0.25) is 11.8 Å². The van der Waals surface area contributed by atoms with Gasteiger partial charge in [0.05, 0.1) is 6.54 Å². The Kier molecular flexibility index (Phi) is 3.56. The first-order chi connectivity index (χ1) is 7.74.